The second-order valence-corrected chi connectivity index (χ2v) is 9.58. The van der Waals surface area contributed by atoms with Gasteiger partial charge in [-0.15, -0.1) is 0 Å². The number of nitrogens with zero attached hydrogens (tertiary/aromatic N) is 1. The summed E-state index contributed by atoms with van der Waals surface area (Å²) in [5, 5.41) is 12.4. The lowest BCUT2D eigenvalue weighted by atomic mass is 9.97. The summed E-state index contributed by atoms with van der Waals surface area (Å²) < 4.78 is 0. The molecule has 0 aliphatic heterocycles. The van der Waals surface area contributed by atoms with Crippen LogP contribution in [-0.4, -0.2) is 30.2 Å². The van der Waals surface area contributed by atoms with Crippen molar-refractivity contribution in [2.45, 2.75) is 55.2 Å². The number of anilines is 1. The second-order valence-electron chi connectivity index (χ2n) is 8.44. The number of carboxylic acid groups (broad SMARTS) is 1. The maximum atomic E-state index is 12.9. The third-order valence-corrected chi connectivity index (χ3v) is 6.91. The molecule has 0 saturated heterocycles. The van der Waals surface area contributed by atoms with Gasteiger partial charge < -0.3 is 10.4 Å². The fourth-order valence-electron chi connectivity index (χ4n) is 3.85. The minimum atomic E-state index is -0.793. The number of hydrogen-bond acceptors (Lipinski definition) is 3. The van der Waals surface area contributed by atoms with Gasteiger partial charge in [0.25, 0.3) is 0 Å². The van der Waals surface area contributed by atoms with Crippen LogP contribution in [-0.2, 0) is 11.2 Å². The van der Waals surface area contributed by atoms with E-state index in [1.54, 1.807) is 11.8 Å². The summed E-state index contributed by atoms with van der Waals surface area (Å²) in [5.41, 5.74) is 2.88. The highest BCUT2D eigenvalue weighted by molar-refractivity contribution is 7.99. The van der Waals surface area contributed by atoms with Gasteiger partial charge in [0.2, 0.25) is 0 Å². The maximum absolute atomic E-state index is 12.9. The molecule has 0 saturated carbocycles. The van der Waals surface area contributed by atoms with Crippen LogP contribution in [0.15, 0.2) is 88.7 Å². The smallest absolute Gasteiger partial charge is 0.321 e. The Morgan fingerprint density at radius 1 is 0.914 bits per heavy atom. The molecule has 3 aromatic carbocycles. The lowest BCUT2D eigenvalue weighted by molar-refractivity contribution is -0.138. The Hall–Kier alpha value is -3.25. The molecule has 6 heteroatoms. The Morgan fingerprint density at radius 3 is 2.11 bits per heavy atom. The molecule has 0 aromatic heterocycles. The fraction of sp³-hybridized carbons (Fsp3) is 0.310. The summed E-state index contributed by atoms with van der Waals surface area (Å²) in [5.74, 6) is -1.27. The van der Waals surface area contributed by atoms with Crippen LogP contribution in [0.25, 0.3) is 0 Å². The van der Waals surface area contributed by atoms with Crippen molar-refractivity contribution in [2.75, 3.05) is 18.0 Å². The van der Waals surface area contributed by atoms with Gasteiger partial charge in [-0.05, 0) is 66.8 Å². The first-order valence-corrected chi connectivity index (χ1v) is 13.0. The summed E-state index contributed by atoms with van der Waals surface area (Å²) in [4.78, 5) is 28.3. The zero-order valence-electron chi connectivity index (χ0n) is 20.4. The Balaban J connectivity index is 1.69. The van der Waals surface area contributed by atoms with Crippen LogP contribution in [0.2, 0.25) is 0 Å². The van der Waals surface area contributed by atoms with E-state index in [0.717, 1.165) is 40.3 Å². The summed E-state index contributed by atoms with van der Waals surface area (Å²) >= 11 is 1.61. The molecule has 184 valence electrons. The van der Waals surface area contributed by atoms with Gasteiger partial charge in [-0.1, -0.05) is 74.5 Å². The molecule has 0 radical (unpaired) electrons. The molecule has 35 heavy (non-hydrogen) atoms. The Bertz CT molecular complexity index is 1070. The number of urea groups is 1. The first-order valence-electron chi connectivity index (χ1n) is 12.2. The fourth-order valence-corrected chi connectivity index (χ4v) is 4.67. The van der Waals surface area contributed by atoms with Crippen LogP contribution in [0.5, 0.6) is 0 Å². The number of benzene rings is 3. The standard InChI is InChI=1S/C29H34N2O3S/c1-3-5-20-30-29(34)31(21-19-22-9-7-6-8-10-22)24-13-17-26(18-14-24)35-25-15-11-23(12-16-25)27(4-2)28(32)33/h6-18,27H,3-5,19-21H2,1-2H3,(H,30,34)(H,32,33). The first kappa shape index (κ1) is 26.4. The molecule has 1 atom stereocenters. The SMILES string of the molecule is CCCCNC(=O)N(CCc1ccccc1)c1ccc(Sc2ccc(C(CC)C(=O)O)cc2)cc1. The van der Waals surface area contributed by atoms with E-state index in [4.69, 9.17) is 0 Å². The number of rotatable bonds is 12. The number of unbranched alkanes of at least 4 members (excludes halogenated alkanes) is 1. The normalized spacial score (nSPS) is 11.6. The minimum Gasteiger partial charge on any atom is -0.481 e. The molecular weight excluding hydrogens is 456 g/mol. The summed E-state index contributed by atoms with van der Waals surface area (Å²) in [7, 11) is 0. The largest absolute Gasteiger partial charge is 0.481 e. The van der Waals surface area contributed by atoms with E-state index in [-0.39, 0.29) is 6.03 Å². The molecule has 0 fully saturated rings. The number of aliphatic carboxylic acids is 1. The van der Waals surface area contributed by atoms with Gasteiger partial charge in [0, 0.05) is 28.6 Å². The molecule has 3 rings (SSSR count). The van der Waals surface area contributed by atoms with Crippen molar-refractivity contribution in [1.82, 2.24) is 5.32 Å². The summed E-state index contributed by atoms with van der Waals surface area (Å²) in [6.45, 7) is 5.26. The molecule has 0 aliphatic rings. The number of carbonyl (C=O) groups excluding carboxylic acids is 1. The van der Waals surface area contributed by atoms with Gasteiger partial charge in [0.05, 0.1) is 5.92 Å². The highest BCUT2D eigenvalue weighted by atomic mass is 32.2. The Kier molecular flexibility index (Phi) is 10.2. The van der Waals surface area contributed by atoms with Crippen molar-refractivity contribution in [2.24, 2.45) is 0 Å². The Labute approximate surface area is 212 Å². The number of carboxylic acids is 1. The molecular formula is C29H34N2O3S. The highest BCUT2D eigenvalue weighted by Crippen LogP contribution is 2.31. The predicted molar refractivity (Wildman–Crippen MR) is 143 cm³/mol. The third kappa shape index (κ3) is 7.89. The van der Waals surface area contributed by atoms with Crippen LogP contribution >= 0.6 is 11.8 Å². The minimum absolute atomic E-state index is 0.0747. The lowest BCUT2D eigenvalue weighted by Gasteiger charge is -2.23. The molecule has 3 aromatic rings. The number of hydrogen-bond donors (Lipinski definition) is 2. The monoisotopic (exact) mass is 490 g/mol. The molecule has 0 heterocycles. The van der Waals surface area contributed by atoms with Gasteiger partial charge in [0.15, 0.2) is 0 Å². The van der Waals surface area contributed by atoms with E-state index in [9.17, 15) is 14.7 Å². The van der Waals surface area contributed by atoms with Crippen LogP contribution in [0.4, 0.5) is 10.5 Å². The van der Waals surface area contributed by atoms with Gasteiger partial charge in [-0.2, -0.15) is 0 Å². The molecule has 1 unspecified atom stereocenters. The second kappa shape index (κ2) is 13.6. The topological polar surface area (TPSA) is 69.6 Å². The van der Waals surface area contributed by atoms with Crippen molar-refractivity contribution < 1.29 is 14.7 Å². The van der Waals surface area contributed by atoms with Gasteiger partial charge >= 0.3 is 12.0 Å². The molecule has 5 nitrogen and oxygen atoms in total. The van der Waals surface area contributed by atoms with Crippen molar-refractivity contribution in [1.29, 1.82) is 0 Å². The molecule has 0 bridgehead atoms. The molecule has 0 spiro atoms. The third-order valence-electron chi connectivity index (χ3n) is 5.89. The number of amides is 2. The van der Waals surface area contributed by atoms with Crippen LogP contribution in [0.1, 0.15) is 50.2 Å². The van der Waals surface area contributed by atoms with E-state index in [1.165, 1.54) is 5.56 Å². The highest BCUT2D eigenvalue weighted by Gasteiger charge is 2.18. The molecule has 2 amide bonds. The maximum Gasteiger partial charge on any atom is 0.321 e. The van der Waals surface area contributed by atoms with Gasteiger partial charge in [-0.3, -0.25) is 9.69 Å². The molecule has 2 N–H and O–H groups in total. The summed E-state index contributed by atoms with van der Waals surface area (Å²) in [6.07, 6.45) is 3.33. The number of nitrogens with one attached hydrogen (secondary N) is 1. The van der Waals surface area contributed by atoms with E-state index >= 15 is 0 Å². The van der Waals surface area contributed by atoms with Crippen LogP contribution in [0.3, 0.4) is 0 Å². The zero-order valence-corrected chi connectivity index (χ0v) is 21.3. The van der Waals surface area contributed by atoms with E-state index in [2.05, 4.69) is 24.4 Å². The summed E-state index contributed by atoms with van der Waals surface area (Å²) in [6, 6.07) is 25.9. The van der Waals surface area contributed by atoms with Gasteiger partial charge in [0.1, 0.15) is 0 Å². The zero-order chi connectivity index (χ0) is 25.0. The van der Waals surface area contributed by atoms with Crippen molar-refractivity contribution >= 4 is 29.4 Å². The Morgan fingerprint density at radius 2 is 1.54 bits per heavy atom. The average molecular weight is 491 g/mol. The number of carbonyl (C=O) groups is 2. The van der Waals surface area contributed by atoms with Crippen molar-refractivity contribution in [3.05, 3.63) is 90.0 Å². The van der Waals surface area contributed by atoms with E-state index < -0.39 is 11.9 Å². The van der Waals surface area contributed by atoms with Crippen molar-refractivity contribution in [3.63, 3.8) is 0 Å². The molecule has 0 aliphatic carbocycles. The van der Waals surface area contributed by atoms with Crippen molar-refractivity contribution in [3.8, 4) is 0 Å². The van der Waals surface area contributed by atoms with Crippen LogP contribution < -0.4 is 10.2 Å². The quantitative estimate of drug-likeness (QED) is 0.269. The lowest BCUT2D eigenvalue weighted by Crippen LogP contribution is -2.41. The van der Waals surface area contributed by atoms with Gasteiger partial charge in [-0.25, -0.2) is 4.79 Å². The van der Waals surface area contributed by atoms with E-state index in [0.29, 0.717) is 19.5 Å². The first-order chi connectivity index (χ1) is 17.0. The average Bonchev–Trinajstić information content (AvgIpc) is 2.87. The van der Waals surface area contributed by atoms with Crippen LogP contribution in [0, 0.1) is 0 Å². The van der Waals surface area contributed by atoms with E-state index in [1.807, 2.05) is 78.6 Å². The predicted octanol–water partition coefficient (Wildman–Crippen LogP) is 6.97.